The van der Waals surface area contributed by atoms with E-state index in [1.807, 2.05) is 41.0 Å². The van der Waals surface area contributed by atoms with E-state index >= 15 is 0 Å². The summed E-state index contributed by atoms with van der Waals surface area (Å²) in [5, 5.41) is 9.12. The third kappa shape index (κ3) is 3.80. The van der Waals surface area contributed by atoms with Crippen LogP contribution in [0.1, 0.15) is 0 Å². The molecule has 0 aliphatic rings. The van der Waals surface area contributed by atoms with Crippen molar-refractivity contribution in [3.05, 3.63) is 48.8 Å². The highest BCUT2D eigenvalue weighted by Gasteiger charge is 2.17. The number of aromatic nitrogens is 4. The van der Waals surface area contributed by atoms with Gasteiger partial charge in [0.2, 0.25) is 0 Å². The average molecular weight is 356 g/mol. The van der Waals surface area contributed by atoms with Crippen molar-refractivity contribution in [2.75, 3.05) is 20.0 Å². The van der Waals surface area contributed by atoms with Gasteiger partial charge in [0.1, 0.15) is 5.75 Å². The smallest absolute Gasteiger partial charge is 0.316 e. The molecule has 1 aromatic carbocycles. The van der Waals surface area contributed by atoms with Gasteiger partial charge in [-0.2, -0.15) is 0 Å². The molecule has 0 fully saturated rings. The Morgan fingerprint density at radius 3 is 2.44 bits per heavy atom. The molecular formula is C17H16N4O3S. The summed E-state index contributed by atoms with van der Waals surface area (Å²) in [6.45, 7) is 0. The van der Waals surface area contributed by atoms with Crippen LogP contribution in [0.15, 0.2) is 53.9 Å². The summed E-state index contributed by atoms with van der Waals surface area (Å²) >= 11 is 1.27. The lowest BCUT2D eigenvalue weighted by atomic mass is 10.2. The molecule has 0 saturated heterocycles. The zero-order valence-electron chi connectivity index (χ0n) is 13.7. The molecule has 0 spiro atoms. The molecule has 7 nitrogen and oxygen atoms in total. The molecule has 2 aromatic heterocycles. The number of benzene rings is 1. The zero-order chi connectivity index (χ0) is 17.6. The van der Waals surface area contributed by atoms with Gasteiger partial charge in [-0.15, -0.1) is 10.2 Å². The monoisotopic (exact) mass is 356 g/mol. The van der Waals surface area contributed by atoms with Gasteiger partial charge in [-0.25, -0.2) is 0 Å². The lowest BCUT2D eigenvalue weighted by molar-refractivity contribution is -0.137. The largest absolute Gasteiger partial charge is 0.497 e. The first-order valence-corrected chi connectivity index (χ1v) is 8.41. The maximum Gasteiger partial charge on any atom is 0.316 e. The van der Waals surface area contributed by atoms with Crippen molar-refractivity contribution in [1.29, 1.82) is 0 Å². The number of nitrogens with zero attached hydrogens (tertiary/aromatic N) is 4. The van der Waals surface area contributed by atoms with E-state index in [9.17, 15) is 4.79 Å². The average Bonchev–Trinajstić information content (AvgIpc) is 3.10. The first kappa shape index (κ1) is 17.0. The predicted molar refractivity (Wildman–Crippen MR) is 93.9 cm³/mol. The van der Waals surface area contributed by atoms with Crippen LogP contribution in [0.2, 0.25) is 0 Å². The van der Waals surface area contributed by atoms with Crippen molar-refractivity contribution in [2.24, 2.45) is 0 Å². The van der Waals surface area contributed by atoms with E-state index in [2.05, 4.69) is 15.2 Å². The highest BCUT2D eigenvalue weighted by molar-refractivity contribution is 7.99. The Morgan fingerprint density at radius 1 is 1.08 bits per heavy atom. The third-order valence-corrected chi connectivity index (χ3v) is 4.35. The number of carbonyl (C=O) groups is 1. The van der Waals surface area contributed by atoms with Crippen molar-refractivity contribution >= 4 is 17.7 Å². The van der Waals surface area contributed by atoms with Gasteiger partial charge in [0.15, 0.2) is 11.0 Å². The second-order valence-corrected chi connectivity index (χ2v) is 5.88. The predicted octanol–water partition coefficient (Wildman–Crippen LogP) is 2.60. The maximum atomic E-state index is 11.5. The summed E-state index contributed by atoms with van der Waals surface area (Å²) < 4.78 is 11.8. The molecule has 0 unspecified atom stereocenters. The molecule has 0 atom stereocenters. The number of hydrogen-bond donors (Lipinski definition) is 0. The maximum absolute atomic E-state index is 11.5. The van der Waals surface area contributed by atoms with Crippen molar-refractivity contribution in [3.8, 4) is 22.8 Å². The first-order chi connectivity index (χ1) is 12.2. The molecule has 0 aliphatic heterocycles. The SMILES string of the molecule is COC(=O)CSc1nnc(-c2ccncc2)n1-c1ccc(OC)cc1. The fourth-order valence-electron chi connectivity index (χ4n) is 2.20. The van der Waals surface area contributed by atoms with Gasteiger partial charge in [-0.3, -0.25) is 14.3 Å². The van der Waals surface area contributed by atoms with E-state index < -0.39 is 0 Å². The topological polar surface area (TPSA) is 79.1 Å². The second kappa shape index (κ2) is 7.80. The Kier molecular flexibility index (Phi) is 5.30. The molecular weight excluding hydrogens is 340 g/mol. The van der Waals surface area contributed by atoms with Gasteiger partial charge >= 0.3 is 5.97 Å². The lowest BCUT2D eigenvalue weighted by Gasteiger charge is -2.10. The van der Waals surface area contributed by atoms with E-state index in [-0.39, 0.29) is 11.7 Å². The fraction of sp³-hybridized carbons (Fsp3) is 0.176. The Labute approximate surface area is 149 Å². The second-order valence-electron chi connectivity index (χ2n) is 4.94. The van der Waals surface area contributed by atoms with Gasteiger partial charge in [0.25, 0.3) is 0 Å². The summed E-state index contributed by atoms with van der Waals surface area (Å²) in [6.07, 6.45) is 3.40. The Balaban J connectivity index is 2.04. The van der Waals surface area contributed by atoms with Crippen molar-refractivity contribution in [1.82, 2.24) is 19.7 Å². The van der Waals surface area contributed by atoms with E-state index in [1.165, 1.54) is 18.9 Å². The number of thioether (sulfide) groups is 1. The number of hydrogen-bond acceptors (Lipinski definition) is 7. The molecule has 0 radical (unpaired) electrons. The molecule has 0 N–H and O–H groups in total. The summed E-state index contributed by atoms with van der Waals surface area (Å²) in [6, 6.07) is 11.3. The van der Waals surface area contributed by atoms with Crippen LogP contribution in [0.5, 0.6) is 5.75 Å². The van der Waals surface area contributed by atoms with Crippen LogP contribution in [0.3, 0.4) is 0 Å². The van der Waals surface area contributed by atoms with Gasteiger partial charge in [0, 0.05) is 23.6 Å². The van der Waals surface area contributed by atoms with Crippen LogP contribution in [0.4, 0.5) is 0 Å². The molecule has 8 heteroatoms. The summed E-state index contributed by atoms with van der Waals surface area (Å²) in [5.41, 5.74) is 1.74. The van der Waals surface area contributed by atoms with Crippen molar-refractivity contribution in [3.63, 3.8) is 0 Å². The van der Waals surface area contributed by atoms with Crippen LogP contribution < -0.4 is 4.74 Å². The third-order valence-electron chi connectivity index (χ3n) is 3.45. The van der Waals surface area contributed by atoms with Gasteiger partial charge < -0.3 is 9.47 Å². The Bertz CT molecular complexity index is 850. The molecule has 0 amide bonds. The highest BCUT2D eigenvalue weighted by Crippen LogP contribution is 2.28. The highest BCUT2D eigenvalue weighted by atomic mass is 32.2. The number of methoxy groups -OCH3 is 2. The Hall–Kier alpha value is -2.87. The molecule has 0 aliphatic carbocycles. The molecule has 3 aromatic rings. The van der Waals surface area contributed by atoms with Crippen LogP contribution in [-0.4, -0.2) is 45.7 Å². The van der Waals surface area contributed by atoms with Crippen LogP contribution in [0.25, 0.3) is 17.1 Å². The summed E-state index contributed by atoms with van der Waals surface area (Å²) in [7, 11) is 2.98. The quantitative estimate of drug-likeness (QED) is 0.496. The normalized spacial score (nSPS) is 10.5. The first-order valence-electron chi connectivity index (χ1n) is 7.43. The van der Waals surface area contributed by atoms with E-state index in [0.29, 0.717) is 11.0 Å². The molecule has 25 heavy (non-hydrogen) atoms. The number of rotatable bonds is 6. The summed E-state index contributed by atoms with van der Waals surface area (Å²) in [5.74, 6) is 1.26. The van der Waals surface area contributed by atoms with Crippen molar-refractivity contribution in [2.45, 2.75) is 5.16 Å². The zero-order valence-corrected chi connectivity index (χ0v) is 14.6. The molecule has 128 valence electrons. The van der Waals surface area contributed by atoms with E-state index in [1.54, 1.807) is 19.5 Å². The number of carbonyl (C=O) groups excluding carboxylic acids is 1. The van der Waals surface area contributed by atoms with E-state index in [0.717, 1.165) is 17.0 Å². The lowest BCUT2D eigenvalue weighted by Crippen LogP contribution is -2.05. The van der Waals surface area contributed by atoms with Crippen LogP contribution >= 0.6 is 11.8 Å². The minimum Gasteiger partial charge on any atom is -0.497 e. The fourth-order valence-corrected chi connectivity index (χ4v) is 2.98. The molecule has 0 bridgehead atoms. The van der Waals surface area contributed by atoms with E-state index in [4.69, 9.17) is 9.47 Å². The van der Waals surface area contributed by atoms with Gasteiger partial charge in [-0.05, 0) is 36.4 Å². The standard InChI is InChI=1S/C17H16N4O3S/c1-23-14-5-3-13(4-6-14)21-16(12-7-9-18-10-8-12)19-20-17(21)25-11-15(22)24-2/h3-10H,11H2,1-2H3. The number of esters is 1. The number of pyridine rings is 1. The molecule has 0 saturated carbocycles. The number of ether oxygens (including phenoxy) is 2. The minimum absolute atomic E-state index is 0.154. The van der Waals surface area contributed by atoms with Crippen LogP contribution in [-0.2, 0) is 9.53 Å². The summed E-state index contributed by atoms with van der Waals surface area (Å²) in [4.78, 5) is 15.5. The molecule has 2 heterocycles. The van der Waals surface area contributed by atoms with Crippen LogP contribution in [0, 0.1) is 0 Å². The van der Waals surface area contributed by atoms with Gasteiger partial charge in [-0.1, -0.05) is 11.8 Å². The van der Waals surface area contributed by atoms with Gasteiger partial charge in [0.05, 0.1) is 20.0 Å². The Morgan fingerprint density at radius 2 is 1.80 bits per heavy atom. The minimum atomic E-state index is -0.320. The molecule has 3 rings (SSSR count). The van der Waals surface area contributed by atoms with Crippen molar-refractivity contribution < 1.29 is 14.3 Å².